The Morgan fingerprint density at radius 3 is 2.61 bits per heavy atom. The fraction of sp³-hybridized carbons (Fsp3) is 0.238. The van der Waals surface area contributed by atoms with Gasteiger partial charge < -0.3 is 4.57 Å². The summed E-state index contributed by atoms with van der Waals surface area (Å²) in [4.78, 5) is 16.6. The van der Waals surface area contributed by atoms with Crippen molar-refractivity contribution in [1.29, 1.82) is 5.41 Å². The lowest BCUT2D eigenvalue weighted by Gasteiger charge is -2.20. The molecule has 4 rings (SSSR count). The third-order valence-electron chi connectivity index (χ3n) is 5.14. The fourth-order valence-corrected chi connectivity index (χ4v) is 5.30. The highest BCUT2D eigenvalue weighted by atomic mass is 32.3. The maximum Gasteiger partial charge on any atom is 0.283 e. The Morgan fingerprint density at radius 1 is 1.23 bits per heavy atom. The summed E-state index contributed by atoms with van der Waals surface area (Å²) in [7, 11) is -3.56. The summed E-state index contributed by atoms with van der Waals surface area (Å²) in [5.74, 6) is -0.785. The number of fused-ring (bicyclic) bond motifs is 1. The number of sulfone groups is 1. The highest BCUT2D eigenvalue weighted by Gasteiger charge is 2.38. The Labute approximate surface area is 184 Å². The molecule has 8 nitrogen and oxygen atoms in total. The second-order valence-electron chi connectivity index (χ2n) is 7.30. The number of carbonyl (C=O) groups is 1. The second kappa shape index (κ2) is 7.61. The zero-order valence-corrected chi connectivity index (χ0v) is 19.1. The first kappa shape index (κ1) is 21.3. The molecule has 0 unspecified atom stereocenters. The zero-order valence-electron chi connectivity index (χ0n) is 17.5. The number of aliphatic imine (C=N–C) groups is 1. The smallest absolute Gasteiger partial charge is 0.283 e. The van der Waals surface area contributed by atoms with Crippen molar-refractivity contribution in [1.82, 2.24) is 9.58 Å². The second-order valence-corrected chi connectivity index (χ2v) is 10.4. The van der Waals surface area contributed by atoms with Gasteiger partial charge in [0.15, 0.2) is 5.84 Å². The number of para-hydroxylation sites is 1. The van der Waals surface area contributed by atoms with Crippen molar-refractivity contribution in [3.63, 3.8) is 0 Å². The molecule has 1 aromatic carbocycles. The molecular formula is C21H21N5O3S2. The standard InChI is InChI=1S/C21H21N5O3S2/c1-5-14-8-6-7-9-17(14)25-12(2)10-15(13(25)3)11-16-18(22)26-20(23-19(16)27)30-21(24-26)31(4,28)29/h6-11,22H,5H2,1-4H3/b16-11-,22-18?. The van der Waals surface area contributed by atoms with Crippen LogP contribution in [0.5, 0.6) is 0 Å². The van der Waals surface area contributed by atoms with Crippen LogP contribution in [0.4, 0.5) is 0 Å². The molecule has 0 fully saturated rings. The van der Waals surface area contributed by atoms with Gasteiger partial charge in [0, 0.05) is 23.3 Å². The molecule has 1 amide bonds. The average Bonchev–Trinajstić information content (AvgIpc) is 3.26. The predicted octanol–water partition coefficient (Wildman–Crippen LogP) is 3.28. The van der Waals surface area contributed by atoms with E-state index in [-0.39, 0.29) is 21.0 Å². The molecular weight excluding hydrogens is 434 g/mol. The minimum Gasteiger partial charge on any atom is -0.318 e. The number of amidine groups is 2. The van der Waals surface area contributed by atoms with Crippen molar-refractivity contribution in [2.75, 3.05) is 6.26 Å². The minimum atomic E-state index is -3.56. The number of benzene rings is 1. The summed E-state index contributed by atoms with van der Waals surface area (Å²) < 4.78 is 25.6. The van der Waals surface area contributed by atoms with Gasteiger partial charge in [-0.3, -0.25) is 10.2 Å². The van der Waals surface area contributed by atoms with Crippen LogP contribution in [0.3, 0.4) is 0 Å². The lowest BCUT2D eigenvalue weighted by atomic mass is 10.1. The number of hydrazone groups is 1. The van der Waals surface area contributed by atoms with Crippen LogP contribution in [0, 0.1) is 19.3 Å². The van der Waals surface area contributed by atoms with Crippen molar-refractivity contribution in [3.8, 4) is 5.69 Å². The molecule has 1 aromatic heterocycles. The van der Waals surface area contributed by atoms with E-state index in [1.165, 1.54) is 5.56 Å². The molecule has 10 heteroatoms. The van der Waals surface area contributed by atoms with Crippen LogP contribution in [0.15, 0.2) is 46.0 Å². The number of thioether (sulfide) groups is 1. The third-order valence-corrected chi connectivity index (χ3v) is 7.71. The van der Waals surface area contributed by atoms with Crippen LogP contribution in [-0.2, 0) is 21.1 Å². The predicted molar refractivity (Wildman–Crippen MR) is 124 cm³/mol. The largest absolute Gasteiger partial charge is 0.318 e. The number of carbonyl (C=O) groups excluding carboxylic acids is 1. The van der Waals surface area contributed by atoms with Crippen molar-refractivity contribution in [2.45, 2.75) is 27.2 Å². The monoisotopic (exact) mass is 455 g/mol. The first-order chi connectivity index (χ1) is 14.6. The number of nitrogens with one attached hydrogen (secondary N) is 1. The molecule has 0 aliphatic carbocycles. The van der Waals surface area contributed by atoms with E-state index < -0.39 is 15.7 Å². The van der Waals surface area contributed by atoms with Crippen molar-refractivity contribution in [2.24, 2.45) is 10.1 Å². The summed E-state index contributed by atoms with van der Waals surface area (Å²) in [5.41, 5.74) is 5.06. The Hall–Kier alpha value is -2.98. The van der Waals surface area contributed by atoms with Gasteiger partial charge in [0.05, 0.1) is 5.57 Å². The van der Waals surface area contributed by atoms with E-state index >= 15 is 0 Å². The molecule has 0 atom stereocenters. The number of aromatic nitrogens is 1. The molecule has 0 bridgehead atoms. The van der Waals surface area contributed by atoms with Gasteiger partial charge in [-0.2, -0.15) is 10.0 Å². The molecule has 0 radical (unpaired) electrons. The Kier molecular flexibility index (Phi) is 5.22. The van der Waals surface area contributed by atoms with Crippen LogP contribution >= 0.6 is 11.8 Å². The molecule has 1 N–H and O–H groups in total. The minimum absolute atomic E-state index is 0.0619. The van der Waals surface area contributed by atoms with Gasteiger partial charge in [-0.15, -0.1) is 5.10 Å². The molecule has 0 saturated heterocycles. The van der Waals surface area contributed by atoms with Crippen molar-refractivity contribution >= 4 is 49.0 Å². The number of hydrogen-bond donors (Lipinski definition) is 1. The maximum atomic E-state index is 12.6. The number of aryl methyl sites for hydroxylation is 2. The Balaban J connectivity index is 1.78. The molecule has 0 saturated carbocycles. The van der Waals surface area contributed by atoms with Gasteiger partial charge >= 0.3 is 0 Å². The number of hydrogen-bond acceptors (Lipinski definition) is 6. The fourth-order valence-electron chi connectivity index (χ4n) is 3.61. The zero-order chi connectivity index (χ0) is 22.5. The van der Waals surface area contributed by atoms with E-state index in [4.69, 9.17) is 5.41 Å². The van der Waals surface area contributed by atoms with Gasteiger partial charge in [0.1, 0.15) is 0 Å². The lowest BCUT2D eigenvalue weighted by Crippen LogP contribution is -2.35. The van der Waals surface area contributed by atoms with E-state index in [1.54, 1.807) is 6.08 Å². The molecule has 2 aliphatic rings. The van der Waals surface area contributed by atoms with Gasteiger partial charge in [-0.05, 0) is 61.4 Å². The topological polar surface area (TPSA) is 108 Å². The first-order valence-corrected chi connectivity index (χ1v) is 12.3. The Morgan fingerprint density at radius 2 is 1.94 bits per heavy atom. The summed E-state index contributed by atoms with van der Waals surface area (Å²) in [5, 5.41) is 13.6. The number of amides is 1. The summed E-state index contributed by atoms with van der Waals surface area (Å²) >= 11 is 0.773. The number of rotatable bonds is 3. The molecule has 31 heavy (non-hydrogen) atoms. The molecule has 160 valence electrons. The SMILES string of the molecule is CCc1ccccc1-n1c(C)cc(/C=C2/C(=N)N3N=C(S(C)(=O)=O)SC3=NC2=O)c1C. The molecule has 2 aromatic rings. The highest BCUT2D eigenvalue weighted by molar-refractivity contribution is 8.42. The van der Waals surface area contributed by atoms with E-state index in [0.29, 0.717) is 0 Å². The molecule has 2 aliphatic heterocycles. The van der Waals surface area contributed by atoms with Crippen LogP contribution in [0.2, 0.25) is 0 Å². The van der Waals surface area contributed by atoms with Crippen molar-refractivity contribution < 1.29 is 13.2 Å². The lowest BCUT2D eigenvalue weighted by molar-refractivity contribution is -0.114. The van der Waals surface area contributed by atoms with Crippen LogP contribution in [0.25, 0.3) is 11.8 Å². The number of nitrogens with zero attached hydrogens (tertiary/aromatic N) is 4. The van der Waals surface area contributed by atoms with Crippen molar-refractivity contribution in [3.05, 3.63) is 58.4 Å². The van der Waals surface area contributed by atoms with Gasteiger partial charge in [0.25, 0.3) is 5.91 Å². The maximum absolute atomic E-state index is 12.6. The van der Waals surface area contributed by atoms with Crippen LogP contribution < -0.4 is 0 Å². The summed E-state index contributed by atoms with van der Waals surface area (Å²) in [6, 6.07) is 10.1. The highest BCUT2D eigenvalue weighted by Crippen LogP contribution is 2.31. The van der Waals surface area contributed by atoms with Gasteiger partial charge in [-0.1, -0.05) is 25.1 Å². The van der Waals surface area contributed by atoms with Gasteiger partial charge in [-0.25, -0.2) is 8.42 Å². The first-order valence-electron chi connectivity index (χ1n) is 9.59. The molecule has 0 spiro atoms. The van der Waals surface area contributed by atoms with Crippen LogP contribution in [-0.4, -0.2) is 45.5 Å². The van der Waals surface area contributed by atoms with Crippen LogP contribution in [0.1, 0.15) is 29.4 Å². The third kappa shape index (κ3) is 3.66. The van der Waals surface area contributed by atoms with E-state index in [2.05, 4.69) is 33.7 Å². The van der Waals surface area contributed by atoms with E-state index in [0.717, 1.165) is 52.1 Å². The average molecular weight is 456 g/mol. The summed E-state index contributed by atoms with van der Waals surface area (Å²) in [6.45, 7) is 6.06. The summed E-state index contributed by atoms with van der Waals surface area (Å²) in [6.07, 6.45) is 3.54. The van der Waals surface area contributed by atoms with Gasteiger partial charge in [0.2, 0.25) is 19.4 Å². The molecule has 3 heterocycles. The quantitative estimate of drug-likeness (QED) is 0.715. The Bertz CT molecular complexity index is 1330. The van der Waals surface area contributed by atoms with E-state index in [1.807, 2.05) is 32.0 Å². The normalized spacial score (nSPS) is 17.8. The van der Waals surface area contributed by atoms with E-state index in [9.17, 15) is 13.2 Å².